The maximum absolute atomic E-state index is 13.9. The molecule has 2 aliphatic rings. The third-order valence-corrected chi connectivity index (χ3v) is 8.00. The van der Waals surface area contributed by atoms with Crippen molar-refractivity contribution in [1.29, 1.82) is 0 Å². The topological polar surface area (TPSA) is 98.3 Å². The van der Waals surface area contributed by atoms with Gasteiger partial charge in [0.25, 0.3) is 11.5 Å². The summed E-state index contributed by atoms with van der Waals surface area (Å²) in [7, 11) is 0. The fraction of sp³-hybridized carbons (Fsp3) is 0.258. The first kappa shape index (κ1) is 26.8. The van der Waals surface area contributed by atoms with Crippen molar-refractivity contribution in [2.75, 3.05) is 43.1 Å². The molecule has 0 bridgehead atoms. The summed E-state index contributed by atoms with van der Waals surface area (Å²) < 4.78 is 19.2. The number of allylic oxidation sites excluding steroid dienone is 1. The lowest BCUT2D eigenvalue weighted by Crippen LogP contribution is -2.40. The molecule has 9 nitrogen and oxygen atoms in total. The number of fused-ring (bicyclic) bond motifs is 1. The van der Waals surface area contributed by atoms with Crippen LogP contribution in [-0.4, -0.2) is 43.4 Å². The van der Waals surface area contributed by atoms with Crippen LogP contribution in [0.4, 0.5) is 11.6 Å². The van der Waals surface area contributed by atoms with Gasteiger partial charge in [-0.25, -0.2) is 4.99 Å². The number of amides is 1. The van der Waals surface area contributed by atoms with Gasteiger partial charge >= 0.3 is 0 Å². The predicted molar refractivity (Wildman–Crippen MR) is 158 cm³/mol. The molecule has 10 heteroatoms. The number of carbonyl (C=O) groups excluding carboxylic acids is 1. The van der Waals surface area contributed by atoms with Crippen LogP contribution in [0.1, 0.15) is 31.2 Å². The second-order valence-corrected chi connectivity index (χ2v) is 10.7. The molecule has 0 spiro atoms. The molecular formula is C31H30N4O5S. The minimum atomic E-state index is -0.673. The van der Waals surface area contributed by atoms with E-state index in [1.54, 1.807) is 17.6 Å². The van der Waals surface area contributed by atoms with Gasteiger partial charge in [0, 0.05) is 30.9 Å². The number of ether oxygens (including phenoxy) is 2. The molecule has 0 saturated carbocycles. The van der Waals surface area contributed by atoms with Crippen LogP contribution in [0.3, 0.4) is 0 Å². The van der Waals surface area contributed by atoms with Crippen LogP contribution in [0.15, 0.2) is 92.2 Å². The fourth-order valence-electron chi connectivity index (χ4n) is 5.06. The van der Waals surface area contributed by atoms with Crippen LogP contribution < -0.4 is 29.8 Å². The molecule has 1 fully saturated rings. The van der Waals surface area contributed by atoms with Crippen molar-refractivity contribution in [3.8, 4) is 5.75 Å². The van der Waals surface area contributed by atoms with E-state index in [0.717, 1.165) is 24.5 Å². The van der Waals surface area contributed by atoms with Crippen molar-refractivity contribution < 1.29 is 18.7 Å². The van der Waals surface area contributed by atoms with Crippen molar-refractivity contribution in [2.24, 2.45) is 4.99 Å². The zero-order valence-corrected chi connectivity index (χ0v) is 23.6. The van der Waals surface area contributed by atoms with Crippen LogP contribution in [-0.2, 0) is 9.53 Å². The summed E-state index contributed by atoms with van der Waals surface area (Å²) in [5, 5.41) is 2.97. The number of thiazole rings is 1. The number of anilines is 2. The Labute approximate surface area is 240 Å². The highest BCUT2D eigenvalue weighted by Crippen LogP contribution is 2.32. The van der Waals surface area contributed by atoms with Gasteiger partial charge in [-0.15, -0.1) is 0 Å². The molecular weight excluding hydrogens is 540 g/mol. The zero-order valence-electron chi connectivity index (χ0n) is 22.8. The molecule has 41 heavy (non-hydrogen) atoms. The van der Waals surface area contributed by atoms with Crippen LogP contribution in [0, 0.1) is 0 Å². The number of benzene rings is 2. The molecule has 0 radical (unpaired) electrons. The van der Waals surface area contributed by atoms with E-state index >= 15 is 0 Å². The van der Waals surface area contributed by atoms with Crippen molar-refractivity contribution in [3.63, 3.8) is 0 Å². The second kappa shape index (κ2) is 11.6. The molecule has 6 rings (SSSR count). The Morgan fingerprint density at radius 3 is 2.59 bits per heavy atom. The first-order valence-corrected chi connectivity index (χ1v) is 14.4. The number of morpholine rings is 1. The first-order chi connectivity index (χ1) is 20.0. The van der Waals surface area contributed by atoms with Gasteiger partial charge in [0.1, 0.15) is 11.5 Å². The van der Waals surface area contributed by atoms with Gasteiger partial charge in [-0.2, -0.15) is 0 Å². The molecule has 4 aromatic rings. The number of hydrogen-bond donors (Lipinski definition) is 1. The summed E-state index contributed by atoms with van der Waals surface area (Å²) in [6.07, 6.45) is 1.74. The Kier molecular flexibility index (Phi) is 7.58. The normalized spacial score (nSPS) is 17.3. The summed E-state index contributed by atoms with van der Waals surface area (Å²) in [4.78, 5) is 35.0. The van der Waals surface area contributed by atoms with Crippen LogP contribution in [0.5, 0.6) is 5.75 Å². The van der Waals surface area contributed by atoms with E-state index in [1.165, 1.54) is 11.3 Å². The minimum absolute atomic E-state index is 0.241. The first-order valence-electron chi connectivity index (χ1n) is 13.6. The van der Waals surface area contributed by atoms with Gasteiger partial charge in [-0.3, -0.25) is 14.2 Å². The molecule has 2 aromatic heterocycles. The molecule has 1 saturated heterocycles. The van der Waals surface area contributed by atoms with Crippen molar-refractivity contribution in [1.82, 2.24) is 4.57 Å². The standard InChI is InChI=1S/C31H30N4O5S/c1-3-39-23-11-9-21(10-12-23)28-27(29(36)33-22-7-5-4-6-8-22)20(2)32-31-35(28)30(37)25(41-31)19-24-13-14-26(40-24)34-15-17-38-18-16-34/h4-14,19,28H,3,15-18H2,1-2H3,(H,33,36)/b25-19-/t28-/m1/s1. The number of hydrogen-bond acceptors (Lipinski definition) is 8. The van der Waals surface area contributed by atoms with Crippen LogP contribution >= 0.6 is 11.3 Å². The summed E-state index contributed by atoms with van der Waals surface area (Å²) in [5.74, 6) is 1.72. The average Bonchev–Trinajstić information content (AvgIpc) is 3.58. The molecule has 0 unspecified atom stereocenters. The maximum Gasteiger partial charge on any atom is 0.271 e. The molecule has 0 aliphatic carbocycles. The van der Waals surface area contributed by atoms with E-state index in [9.17, 15) is 9.59 Å². The Morgan fingerprint density at radius 1 is 1.10 bits per heavy atom. The third kappa shape index (κ3) is 5.48. The Morgan fingerprint density at radius 2 is 1.85 bits per heavy atom. The second-order valence-electron chi connectivity index (χ2n) is 9.68. The number of carbonyl (C=O) groups is 1. The van der Waals surface area contributed by atoms with Crippen molar-refractivity contribution in [3.05, 3.63) is 109 Å². The predicted octanol–water partition coefficient (Wildman–Crippen LogP) is 3.70. The lowest BCUT2D eigenvalue weighted by Gasteiger charge is -2.26. The number of nitrogens with zero attached hydrogens (tertiary/aromatic N) is 3. The molecule has 2 aromatic carbocycles. The smallest absolute Gasteiger partial charge is 0.271 e. The largest absolute Gasteiger partial charge is 0.494 e. The molecule has 4 heterocycles. The van der Waals surface area contributed by atoms with E-state index in [4.69, 9.17) is 18.9 Å². The molecule has 2 aliphatic heterocycles. The van der Waals surface area contributed by atoms with E-state index in [1.807, 2.05) is 73.7 Å². The van der Waals surface area contributed by atoms with E-state index in [-0.39, 0.29) is 11.5 Å². The third-order valence-electron chi connectivity index (χ3n) is 7.01. The highest BCUT2D eigenvalue weighted by Gasteiger charge is 2.32. The lowest BCUT2D eigenvalue weighted by molar-refractivity contribution is -0.113. The lowest BCUT2D eigenvalue weighted by atomic mass is 9.95. The molecule has 1 N–H and O–H groups in total. The van der Waals surface area contributed by atoms with Gasteiger partial charge in [-0.1, -0.05) is 41.7 Å². The van der Waals surface area contributed by atoms with Gasteiger partial charge in [0.05, 0.1) is 41.7 Å². The summed E-state index contributed by atoms with van der Waals surface area (Å²) in [6, 6.07) is 19.8. The van der Waals surface area contributed by atoms with Gasteiger partial charge in [0.2, 0.25) is 0 Å². The minimum Gasteiger partial charge on any atom is -0.494 e. The van der Waals surface area contributed by atoms with Crippen LogP contribution in [0.25, 0.3) is 6.08 Å². The van der Waals surface area contributed by atoms with Gasteiger partial charge in [-0.05, 0) is 49.7 Å². The number of rotatable bonds is 7. The molecule has 1 atom stereocenters. The maximum atomic E-state index is 13.9. The van der Waals surface area contributed by atoms with Gasteiger partial charge in [0.15, 0.2) is 10.7 Å². The van der Waals surface area contributed by atoms with E-state index in [0.29, 0.717) is 57.6 Å². The summed E-state index contributed by atoms with van der Waals surface area (Å²) in [6.45, 7) is 7.08. The molecule has 210 valence electrons. The number of furan rings is 1. The highest BCUT2D eigenvalue weighted by molar-refractivity contribution is 7.07. The highest BCUT2D eigenvalue weighted by atomic mass is 32.1. The van der Waals surface area contributed by atoms with Crippen molar-refractivity contribution in [2.45, 2.75) is 19.9 Å². The SMILES string of the molecule is CCOc1ccc([C@@H]2C(C(=O)Nc3ccccc3)=C(C)N=c3s/c(=C\c4ccc(N5CCOCC5)o4)c(=O)n32)cc1. The summed E-state index contributed by atoms with van der Waals surface area (Å²) >= 11 is 1.28. The zero-order chi connectivity index (χ0) is 28.3. The van der Waals surface area contributed by atoms with Crippen molar-refractivity contribution >= 4 is 34.9 Å². The van der Waals surface area contributed by atoms with E-state index < -0.39 is 6.04 Å². The number of nitrogens with one attached hydrogen (secondary N) is 1. The molecule has 1 amide bonds. The fourth-order valence-corrected chi connectivity index (χ4v) is 6.09. The number of para-hydroxylation sites is 1. The number of aromatic nitrogens is 1. The van der Waals surface area contributed by atoms with Gasteiger partial charge < -0.3 is 24.1 Å². The quantitative estimate of drug-likeness (QED) is 0.364. The average molecular weight is 571 g/mol. The summed E-state index contributed by atoms with van der Waals surface area (Å²) in [5.41, 5.74) is 2.16. The van der Waals surface area contributed by atoms with Crippen LogP contribution in [0.2, 0.25) is 0 Å². The monoisotopic (exact) mass is 570 g/mol. The van der Waals surface area contributed by atoms with E-state index in [2.05, 4.69) is 10.2 Å². The Balaban J connectivity index is 1.42. The Hall–Kier alpha value is -4.41. The Bertz CT molecular complexity index is 1760.